The van der Waals surface area contributed by atoms with Crippen LogP contribution < -0.4 is 5.73 Å². The number of hydrogen-bond acceptors (Lipinski definition) is 4. The van der Waals surface area contributed by atoms with E-state index in [2.05, 4.69) is 4.98 Å². The van der Waals surface area contributed by atoms with Crippen molar-refractivity contribution in [2.45, 2.75) is 10.6 Å². The molecule has 7 heteroatoms. The van der Waals surface area contributed by atoms with Crippen molar-refractivity contribution in [1.29, 1.82) is 0 Å². The van der Waals surface area contributed by atoms with Gasteiger partial charge in [-0.2, -0.15) is 0 Å². The van der Waals surface area contributed by atoms with Gasteiger partial charge in [-0.1, -0.05) is 6.07 Å². The van der Waals surface area contributed by atoms with Crippen LogP contribution in [0.4, 0.5) is 14.5 Å². The maximum Gasteiger partial charge on any atom is 0.208 e. The molecule has 0 radical (unpaired) electrons. The molecule has 0 aliphatic heterocycles. The van der Waals surface area contributed by atoms with Crippen molar-refractivity contribution in [2.24, 2.45) is 0 Å². The highest BCUT2D eigenvalue weighted by Gasteiger charge is 2.16. The van der Waals surface area contributed by atoms with Gasteiger partial charge in [-0.05, 0) is 30.3 Å². The minimum absolute atomic E-state index is 0.157. The standard InChI is InChI=1S/C14H10F2N2O2S/c15-8-4-5-9(16)12(6-8)21(19)7-13-18-14-10(17)2-1-3-11(14)20-13/h1-6H,7,17H2. The van der Waals surface area contributed by atoms with Crippen molar-refractivity contribution < 1.29 is 17.4 Å². The maximum absolute atomic E-state index is 13.6. The van der Waals surface area contributed by atoms with Gasteiger partial charge in [0, 0.05) is 0 Å². The van der Waals surface area contributed by atoms with E-state index in [0.29, 0.717) is 16.8 Å². The Morgan fingerprint density at radius 2 is 2.05 bits per heavy atom. The number of para-hydroxylation sites is 1. The number of halogens is 2. The molecule has 1 aromatic heterocycles. The summed E-state index contributed by atoms with van der Waals surface area (Å²) in [7, 11) is -1.80. The van der Waals surface area contributed by atoms with Crippen molar-refractivity contribution in [1.82, 2.24) is 4.98 Å². The van der Waals surface area contributed by atoms with Crippen LogP contribution in [0.2, 0.25) is 0 Å². The van der Waals surface area contributed by atoms with Gasteiger partial charge in [-0.3, -0.25) is 4.21 Å². The molecule has 2 aromatic carbocycles. The van der Waals surface area contributed by atoms with Crippen molar-refractivity contribution >= 4 is 27.6 Å². The van der Waals surface area contributed by atoms with Crippen molar-refractivity contribution in [2.75, 3.05) is 5.73 Å². The zero-order valence-electron chi connectivity index (χ0n) is 10.7. The summed E-state index contributed by atoms with van der Waals surface area (Å²) in [6, 6.07) is 7.85. The molecule has 0 saturated carbocycles. The zero-order valence-corrected chi connectivity index (χ0v) is 11.5. The van der Waals surface area contributed by atoms with E-state index in [0.717, 1.165) is 18.2 Å². The summed E-state index contributed by atoms with van der Waals surface area (Å²) in [6.45, 7) is 0. The lowest BCUT2D eigenvalue weighted by molar-refractivity contribution is 0.549. The predicted octanol–water partition coefficient (Wildman–Crippen LogP) is 3.00. The summed E-state index contributed by atoms with van der Waals surface area (Å²) >= 11 is 0. The molecule has 0 aliphatic carbocycles. The number of oxazole rings is 1. The second kappa shape index (κ2) is 5.25. The van der Waals surface area contributed by atoms with Crippen LogP contribution in [0.1, 0.15) is 5.89 Å². The Labute approximate surface area is 121 Å². The molecular formula is C14H10F2N2O2S. The number of nitrogen functional groups attached to an aromatic ring is 1. The fourth-order valence-corrected chi connectivity index (χ4v) is 2.95. The highest BCUT2D eigenvalue weighted by Crippen LogP contribution is 2.23. The third-order valence-electron chi connectivity index (χ3n) is 2.89. The first-order valence-electron chi connectivity index (χ1n) is 6.02. The summed E-state index contributed by atoms with van der Waals surface area (Å²) in [5, 5.41) is 0. The van der Waals surface area contributed by atoms with Crippen LogP contribution in [0.3, 0.4) is 0 Å². The number of nitrogens with two attached hydrogens (primary N) is 1. The average molecular weight is 308 g/mol. The van der Waals surface area contributed by atoms with Crippen LogP contribution in [-0.2, 0) is 16.6 Å². The molecule has 108 valence electrons. The number of hydrogen-bond donors (Lipinski definition) is 1. The van der Waals surface area contributed by atoms with Crippen LogP contribution in [0, 0.1) is 11.6 Å². The Morgan fingerprint density at radius 3 is 2.81 bits per heavy atom. The summed E-state index contributed by atoms with van der Waals surface area (Å²) < 4.78 is 44.2. The zero-order chi connectivity index (χ0) is 15.0. The maximum atomic E-state index is 13.6. The predicted molar refractivity (Wildman–Crippen MR) is 74.9 cm³/mol. The normalized spacial score (nSPS) is 12.7. The lowest BCUT2D eigenvalue weighted by atomic mass is 10.3. The molecular weight excluding hydrogens is 298 g/mol. The monoisotopic (exact) mass is 308 g/mol. The van der Waals surface area contributed by atoms with E-state index in [1.54, 1.807) is 18.2 Å². The number of fused-ring (bicyclic) bond motifs is 1. The molecule has 4 nitrogen and oxygen atoms in total. The Balaban J connectivity index is 1.93. The average Bonchev–Trinajstić information content (AvgIpc) is 2.85. The van der Waals surface area contributed by atoms with Gasteiger partial charge in [0.25, 0.3) is 0 Å². The quantitative estimate of drug-likeness (QED) is 0.755. The van der Waals surface area contributed by atoms with Gasteiger partial charge in [0.05, 0.1) is 21.4 Å². The smallest absolute Gasteiger partial charge is 0.208 e. The first-order valence-corrected chi connectivity index (χ1v) is 7.34. The largest absolute Gasteiger partial charge is 0.440 e. The second-order valence-electron chi connectivity index (χ2n) is 4.37. The van der Waals surface area contributed by atoms with Gasteiger partial charge in [-0.15, -0.1) is 0 Å². The minimum Gasteiger partial charge on any atom is -0.440 e. The fraction of sp³-hybridized carbons (Fsp3) is 0.0714. The molecule has 0 saturated heterocycles. The first-order chi connectivity index (χ1) is 10.0. The van der Waals surface area contributed by atoms with E-state index in [-0.39, 0.29) is 16.5 Å². The van der Waals surface area contributed by atoms with Gasteiger partial charge in [-0.25, -0.2) is 13.8 Å². The summed E-state index contributed by atoms with van der Waals surface area (Å²) in [5.74, 6) is -1.38. The van der Waals surface area contributed by atoms with Crippen molar-refractivity contribution in [3.05, 3.63) is 53.9 Å². The van der Waals surface area contributed by atoms with E-state index in [1.807, 2.05) is 0 Å². The van der Waals surface area contributed by atoms with Crippen LogP contribution in [0.25, 0.3) is 11.1 Å². The SMILES string of the molecule is Nc1cccc2oc(CS(=O)c3cc(F)ccc3F)nc12. The molecule has 0 spiro atoms. The third-order valence-corrected chi connectivity index (χ3v) is 4.20. The first kappa shape index (κ1) is 13.7. The molecule has 0 aliphatic rings. The van der Waals surface area contributed by atoms with Crippen LogP contribution in [0.5, 0.6) is 0 Å². The molecule has 2 N–H and O–H groups in total. The minimum atomic E-state index is -1.80. The van der Waals surface area contributed by atoms with E-state index in [4.69, 9.17) is 10.2 Å². The molecule has 0 amide bonds. The highest BCUT2D eigenvalue weighted by molar-refractivity contribution is 7.84. The fourth-order valence-electron chi connectivity index (χ4n) is 1.92. The Morgan fingerprint density at radius 1 is 1.24 bits per heavy atom. The second-order valence-corrected chi connectivity index (χ2v) is 5.79. The van der Waals surface area contributed by atoms with Crippen LogP contribution in [-0.4, -0.2) is 9.19 Å². The number of anilines is 1. The lowest BCUT2D eigenvalue weighted by Gasteiger charge is -2.01. The topological polar surface area (TPSA) is 69.1 Å². The highest BCUT2D eigenvalue weighted by atomic mass is 32.2. The van der Waals surface area contributed by atoms with Gasteiger partial charge in [0.1, 0.15) is 22.9 Å². The number of benzene rings is 2. The lowest BCUT2D eigenvalue weighted by Crippen LogP contribution is -2.00. The van der Waals surface area contributed by atoms with E-state index in [9.17, 15) is 13.0 Å². The molecule has 1 heterocycles. The summed E-state index contributed by atoms with van der Waals surface area (Å²) in [5.41, 5.74) is 7.11. The molecule has 0 bridgehead atoms. The van der Waals surface area contributed by atoms with Crippen LogP contribution in [0.15, 0.2) is 45.7 Å². The van der Waals surface area contributed by atoms with Crippen LogP contribution >= 0.6 is 0 Å². The summed E-state index contributed by atoms with van der Waals surface area (Å²) in [6.07, 6.45) is 0. The van der Waals surface area contributed by atoms with E-state index >= 15 is 0 Å². The van der Waals surface area contributed by atoms with E-state index in [1.165, 1.54) is 0 Å². The third kappa shape index (κ3) is 2.64. The van der Waals surface area contributed by atoms with Crippen molar-refractivity contribution in [3.63, 3.8) is 0 Å². The Kier molecular flexibility index (Phi) is 3.42. The molecule has 0 fully saturated rings. The Bertz CT molecular complexity index is 848. The van der Waals surface area contributed by atoms with Gasteiger partial charge >= 0.3 is 0 Å². The van der Waals surface area contributed by atoms with Gasteiger partial charge in [0.2, 0.25) is 5.89 Å². The van der Waals surface area contributed by atoms with Crippen molar-refractivity contribution in [3.8, 4) is 0 Å². The molecule has 3 aromatic rings. The molecule has 21 heavy (non-hydrogen) atoms. The molecule has 1 unspecified atom stereocenters. The Hall–Kier alpha value is -2.28. The number of aromatic nitrogens is 1. The number of rotatable bonds is 3. The van der Waals surface area contributed by atoms with Gasteiger partial charge in [0.15, 0.2) is 5.58 Å². The van der Waals surface area contributed by atoms with E-state index < -0.39 is 22.4 Å². The van der Waals surface area contributed by atoms with Gasteiger partial charge < -0.3 is 10.2 Å². The molecule has 1 atom stereocenters. The number of nitrogens with zero attached hydrogens (tertiary/aromatic N) is 1. The molecule has 3 rings (SSSR count). The summed E-state index contributed by atoms with van der Waals surface area (Å²) in [4.78, 5) is 3.91.